The first kappa shape index (κ1) is 19.5. The Kier molecular flexibility index (Phi) is 5.13. The predicted molar refractivity (Wildman–Crippen MR) is 105 cm³/mol. The molecule has 0 atom stereocenters. The smallest absolute Gasteiger partial charge is 0.416 e. The second-order valence-electron chi connectivity index (χ2n) is 6.34. The number of hydrogen-bond donors (Lipinski definition) is 2. The molecule has 2 aromatic carbocycles. The van der Waals surface area contributed by atoms with Gasteiger partial charge >= 0.3 is 6.18 Å². The van der Waals surface area contributed by atoms with Crippen molar-refractivity contribution < 1.29 is 17.9 Å². The number of para-hydroxylation sites is 1. The Morgan fingerprint density at radius 1 is 1.07 bits per heavy atom. The first-order valence-electron chi connectivity index (χ1n) is 8.99. The Morgan fingerprint density at radius 2 is 1.80 bits per heavy atom. The van der Waals surface area contributed by atoms with Gasteiger partial charge in [-0.25, -0.2) is 4.68 Å². The van der Waals surface area contributed by atoms with E-state index in [1.165, 1.54) is 18.3 Å². The summed E-state index contributed by atoms with van der Waals surface area (Å²) < 4.78 is 44.7. The highest BCUT2D eigenvalue weighted by Crippen LogP contribution is 2.30. The molecule has 0 amide bonds. The third kappa shape index (κ3) is 4.12. The standard InChI is InChI=1S/C20H16F3N5O2/c21-20(22,23)13-6-8-15(9-7-13)30-11-10-24-19-26-17-16(18(29)27-19)12-25-28(17)14-4-2-1-3-5-14/h1-9,12H,10-11H2,(H2,24,26,27,29). The minimum absolute atomic E-state index is 0.158. The zero-order chi connectivity index (χ0) is 21.1. The molecule has 4 aromatic rings. The van der Waals surface area contributed by atoms with Crippen LogP contribution in [0.4, 0.5) is 19.1 Å². The summed E-state index contributed by atoms with van der Waals surface area (Å²) in [7, 11) is 0. The molecule has 0 aliphatic carbocycles. The van der Waals surface area contributed by atoms with Crippen molar-refractivity contribution in [1.29, 1.82) is 0 Å². The van der Waals surface area contributed by atoms with Crippen molar-refractivity contribution in [2.45, 2.75) is 6.18 Å². The normalized spacial score (nSPS) is 11.6. The number of hydrogen-bond acceptors (Lipinski definition) is 5. The van der Waals surface area contributed by atoms with Gasteiger partial charge in [0.05, 0.1) is 24.0 Å². The molecule has 2 heterocycles. The van der Waals surface area contributed by atoms with E-state index in [1.54, 1.807) is 4.68 Å². The van der Waals surface area contributed by atoms with Gasteiger partial charge in [0.15, 0.2) is 5.65 Å². The number of ether oxygens (including phenoxy) is 1. The summed E-state index contributed by atoms with van der Waals surface area (Å²) in [5.74, 6) is 0.546. The molecule has 30 heavy (non-hydrogen) atoms. The third-order valence-corrected chi connectivity index (χ3v) is 4.28. The van der Waals surface area contributed by atoms with E-state index in [4.69, 9.17) is 4.74 Å². The van der Waals surface area contributed by atoms with E-state index in [-0.39, 0.29) is 24.7 Å². The van der Waals surface area contributed by atoms with Crippen LogP contribution in [0, 0.1) is 0 Å². The molecule has 2 N–H and O–H groups in total. The van der Waals surface area contributed by atoms with E-state index < -0.39 is 11.7 Å². The largest absolute Gasteiger partial charge is 0.492 e. The Labute approximate surface area is 168 Å². The Bertz CT molecular complexity index is 1200. The minimum atomic E-state index is -4.39. The number of anilines is 1. The van der Waals surface area contributed by atoms with Gasteiger partial charge in [0.25, 0.3) is 5.56 Å². The number of aromatic nitrogens is 4. The molecule has 10 heteroatoms. The molecule has 4 rings (SSSR count). The summed E-state index contributed by atoms with van der Waals surface area (Å²) in [4.78, 5) is 19.3. The maximum Gasteiger partial charge on any atom is 0.416 e. The summed E-state index contributed by atoms with van der Waals surface area (Å²) in [6, 6.07) is 13.7. The van der Waals surface area contributed by atoms with E-state index in [1.807, 2.05) is 30.3 Å². The lowest BCUT2D eigenvalue weighted by molar-refractivity contribution is -0.137. The average molecular weight is 415 g/mol. The first-order chi connectivity index (χ1) is 14.4. The van der Waals surface area contributed by atoms with Gasteiger partial charge in [0, 0.05) is 0 Å². The minimum Gasteiger partial charge on any atom is -0.492 e. The number of nitrogens with one attached hydrogen (secondary N) is 2. The summed E-state index contributed by atoms with van der Waals surface area (Å²) in [6.45, 7) is 0.431. The maximum absolute atomic E-state index is 12.6. The van der Waals surface area contributed by atoms with E-state index >= 15 is 0 Å². The lowest BCUT2D eigenvalue weighted by atomic mass is 10.2. The Balaban J connectivity index is 1.42. The summed E-state index contributed by atoms with van der Waals surface area (Å²) in [6.07, 6.45) is -2.94. The fourth-order valence-electron chi connectivity index (χ4n) is 2.84. The summed E-state index contributed by atoms with van der Waals surface area (Å²) >= 11 is 0. The lowest BCUT2D eigenvalue weighted by Crippen LogP contribution is -2.17. The molecule has 0 fully saturated rings. The molecule has 7 nitrogen and oxygen atoms in total. The van der Waals surface area contributed by atoms with Crippen LogP contribution in [-0.2, 0) is 6.18 Å². The molecule has 0 aliphatic heterocycles. The zero-order valence-electron chi connectivity index (χ0n) is 15.5. The number of rotatable bonds is 6. The fraction of sp³-hybridized carbons (Fsp3) is 0.150. The van der Waals surface area contributed by atoms with Gasteiger partial charge in [-0.1, -0.05) is 18.2 Å². The molecular weight excluding hydrogens is 399 g/mol. The Hall–Kier alpha value is -3.82. The van der Waals surface area contributed by atoms with Crippen LogP contribution in [0.2, 0.25) is 0 Å². The number of aromatic amines is 1. The number of H-pyrrole nitrogens is 1. The van der Waals surface area contributed by atoms with Gasteiger partial charge in [-0.2, -0.15) is 23.3 Å². The van der Waals surface area contributed by atoms with Crippen molar-refractivity contribution in [3.63, 3.8) is 0 Å². The molecule has 0 radical (unpaired) electrons. The van der Waals surface area contributed by atoms with Crippen LogP contribution in [-0.4, -0.2) is 32.9 Å². The molecule has 0 aliphatic rings. The summed E-state index contributed by atoms with van der Waals surface area (Å²) in [5, 5.41) is 7.52. The van der Waals surface area contributed by atoms with E-state index in [2.05, 4.69) is 20.4 Å². The van der Waals surface area contributed by atoms with Gasteiger partial charge in [0.2, 0.25) is 5.95 Å². The van der Waals surface area contributed by atoms with Gasteiger partial charge in [-0.05, 0) is 36.4 Å². The fourth-order valence-corrected chi connectivity index (χ4v) is 2.84. The van der Waals surface area contributed by atoms with Gasteiger partial charge in [-0.15, -0.1) is 0 Å². The highest BCUT2D eigenvalue weighted by atomic mass is 19.4. The maximum atomic E-state index is 12.6. The van der Waals surface area contributed by atoms with Crippen LogP contribution in [0.1, 0.15) is 5.56 Å². The van der Waals surface area contributed by atoms with Crippen molar-refractivity contribution in [2.24, 2.45) is 0 Å². The second-order valence-corrected chi connectivity index (χ2v) is 6.34. The molecule has 0 saturated carbocycles. The number of benzene rings is 2. The molecule has 2 aromatic heterocycles. The molecular formula is C20H16F3N5O2. The van der Waals surface area contributed by atoms with Crippen molar-refractivity contribution in [3.8, 4) is 11.4 Å². The van der Waals surface area contributed by atoms with Crippen LogP contribution < -0.4 is 15.6 Å². The Morgan fingerprint density at radius 3 is 2.50 bits per heavy atom. The number of alkyl halides is 3. The quantitative estimate of drug-likeness (QED) is 0.470. The van der Waals surface area contributed by atoms with Gasteiger partial charge in [-0.3, -0.25) is 9.78 Å². The second kappa shape index (κ2) is 7.90. The number of nitrogens with zero attached hydrogens (tertiary/aromatic N) is 3. The summed E-state index contributed by atoms with van der Waals surface area (Å²) in [5.41, 5.74) is 0.0877. The molecule has 154 valence electrons. The number of fused-ring (bicyclic) bond motifs is 1. The highest BCUT2D eigenvalue weighted by molar-refractivity contribution is 5.76. The average Bonchev–Trinajstić information content (AvgIpc) is 3.16. The monoisotopic (exact) mass is 415 g/mol. The first-order valence-corrected chi connectivity index (χ1v) is 8.99. The van der Waals surface area contributed by atoms with Crippen LogP contribution >= 0.6 is 0 Å². The van der Waals surface area contributed by atoms with Crippen LogP contribution in [0.25, 0.3) is 16.7 Å². The molecule has 0 saturated heterocycles. The van der Waals surface area contributed by atoms with Gasteiger partial charge in [0.1, 0.15) is 17.7 Å². The topological polar surface area (TPSA) is 84.8 Å². The highest BCUT2D eigenvalue weighted by Gasteiger charge is 2.30. The van der Waals surface area contributed by atoms with E-state index in [0.29, 0.717) is 16.8 Å². The predicted octanol–water partition coefficient (Wildman–Crippen LogP) is 3.62. The van der Waals surface area contributed by atoms with Gasteiger partial charge < -0.3 is 10.1 Å². The van der Waals surface area contributed by atoms with Crippen LogP contribution in [0.5, 0.6) is 5.75 Å². The van der Waals surface area contributed by atoms with Crippen molar-refractivity contribution in [1.82, 2.24) is 19.7 Å². The van der Waals surface area contributed by atoms with Crippen molar-refractivity contribution >= 4 is 17.0 Å². The zero-order valence-corrected chi connectivity index (χ0v) is 15.5. The van der Waals surface area contributed by atoms with Crippen LogP contribution in [0.15, 0.2) is 65.6 Å². The SMILES string of the molecule is O=c1[nH]c(NCCOc2ccc(C(F)(F)F)cc2)nc2c1cnn2-c1ccccc1. The lowest BCUT2D eigenvalue weighted by Gasteiger charge is -2.10. The molecule has 0 spiro atoms. The van der Waals surface area contributed by atoms with Crippen molar-refractivity contribution in [2.75, 3.05) is 18.5 Å². The molecule has 0 bridgehead atoms. The molecule has 0 unspecified atom stereocenters. The van der Waals surface area contributed by atoms with Crippen LogP contribution in [0.3, 0.4) is 0 Å². The third-order valence-electron chi connectivity index (χ3n) is 4.28. The van der Waals surface area contributed by atoms with E-state index in [9.17, 15) is 18.0 Å². The van der Waals surface area contributed by atoms with Crippen molar-refractivity contribution in [3.05, 3.63) is 76.7 Å². The van der Waals surface area contributed by atoms with E-state index in [0.717, 1.165) is 17.8 Å². The number of halogens is 3.